The number of fused-ring (bicyclic) bond motifs is 1. The lowest BCUT2D eigenvalue weighted by Gasteiger charge is -2.26. The average Bonchev–Trinajstić information content (AvgIpc) is 2.70. The summed E-state index contributed by atoms with van der Waals surface area (Å²) < 4.78 is 16.9. The topological polar surface area (TPSA) is 73.9 Å². The molecule has 0 aliphatic carbocycles. The second-order valence-electron chi connectivity index (χ2n) is 6.01. The molecule has 6 nitrogen and oxygen atoms in total. The Bertz CT molecular complexity index is 839. The number of ether oxygens (including phenoxy) is 3. The third-order valence-corrected chi connectivity index (χ3v) is 4.25. The molecule has 0 unspecified atom stereocenters. The minimum absolute atomic E-state index is 0.0978. The molecule has 142 valence electrons. The van der Waals surface area contributed by atoms with E-state index in [0.29, 0.717) is 40.9 Å². The zero-order valence-electron chi connectivity index (χ0n) is 14.9. The van der Waals surface area contributed by atoms with Gasteiger partial charge >= 0.3 is 0 Å². The SMILES string of the molecule is CCC(=O)c1cc(Cl)ccc1OCC(=O)NC[C@H]1COc2ccccc2O1. The Morgan fingerprint density at radius 2 is 2.00 bits per heavy atom. The van der Waals surface area contributed by atoms with Gasteiger partial charge in [-0.1, -0.05) is 30.7 Å². The van der Waals surface area contributed by atoms with Gasteiger partial charge in [0.05, 0.1) is 12.1 Å². The minimum atomic E-state index is -0.317. The van der Waals surface area contributed by atoms with Crippen LogP contribution in [0.15, 0.2) is 42.5 Å². The van der Waals surface area contributed by atoms with E-state index in [9.17, 15) is 9.59 Å². The molecule has 3 rings (SSSR count). The molecular formula is C20H20ClNO5. The fourth-order valence-electron chi connectivity index (χ4n) is 2.62. The van der Waals surface area contributed by atoms with Gasteiger partial charge in [0.1, 0.15) is 18.5 Å². The van der Waals surface area contributed by atoms with Crippen molar-refractivity contribution in [1.82, 2.24) is 5.32 Å². The summed E-state index contributed by atoms with van der Waals surface area (Å²) in [6, 6.07) is 12.1. The first-order valence-corrected chi connectivity index (χ1v) is 9.05. The number of amides is 1. The van der Waals surface area contributed by atoms with Crippen LogP contribution in [0.2, 0.25) is 5.02 Å². The van der Waals surface area contributed by atoms with Gasteiger partial charge in [-0.15, -0.1) is 0 Å². The van der Waals surface area contributed by atoms with E-state index in [1.165, 1.54) is 0 Å². The van der Waals surface area contributed by atoms with Gasteiger partial charge in [-0.25, -0.2) is 0 Å². The van der Waals surface area contributed by atoms with Crippen molar-refractivity contribution in [1.29, 1.82) is 0 Å². The van der Waals surface area contributed by atoms with Crippen molar-refractivity contribution < 1.29 is 23.8 Å². The van der Waals surface area contributed by atoms with Crippen LogP contribution in [0.5, 0.6) is 17.2 Å². The largest absolute Gasteiger partial charge is 0.486 e. The molecule has 2 aromatic carbocycles. The van der Waals surface area contributed by atoms with Crippen molar-refractivity contribution in [2.75, 3.05) is 19.8 Å². The maximum absolute atomic E-state index is 12.1. The first kappa shape index (κ1) is 19.0. The normalized spacial score (nSPS) is 15.1. The van der Waals surface area contributed by atoms with Gasteiger partial charge < -0.3 is 19.5 Å². The summed E-state index contributed by atoms with van der Waals surface area (Å²) in [5.41, 5.74) is 0.374. The number of halogens is 1. The van der Waals surface area contributed by atoms with Crippen LogP contribution >= 0.6 is 11.6 Å². The molecule has 1 atom stereocenters. The van der Waals surface area contributed by atoms with E-state index < -0.39 is 0 Å². The van der Waals surface area contributed by atoms with E-state index in [2.05, 4.69) is 5.32 Å². The molecule has 0 spiro atoms. The molecule has 1 amide bonds. The third-order valence-electron chi connectivity index (χ3n) is 4.02. The Morgan fingerprint density at radius 3 is 2.78 bits per heavy atom. The highest BCUT2D eigenvalue weighted by Gasteiger charge is 2.21. The zero-order valence-corrected chi connectivity index (χ0v) is 15.6. The fourth-order valence-corrected chi connectivity index (χ4v) is 2.79. The van der Waals surface area contributed by atoms with Crippen LogP contribution in [0.25, 0.3) is 0 Å². The van der Waals surface area contributed by atoms with E-state index in [0.717, 1.165) is 0 Å². The minimum Gasteiger partial charge on any atom is -0.486 e. The number of benzene rings is 2. The molecule has 0 aromatic heterocycles. The number of hydrogen-bond donors (Lipinski definition) is 1. The maximum Gasteiger partial charge on any atom is 0.258 e. The lowest BCUT2D eigenvalue weighted by Crippen LogP contribution is -2.42. The fraction of sp³-hybridized carbons (Fsp3) is 0.300. The van der Waals surface area contributed by atoms with Crippen LogP contribution in [0.3, 0.4) is 0 Å². The molecule has 2 aromatic rings. The molecule has 0 fully saturated rings. The highest BCUT2D eigenvalue weighted by molar-refractivity contribution is 6.31. The molecule has 27 heavy (non-hydrogen) atoms. The Kier molecular flexibility index (Phi) is 6.19. The van der Waals surface area contributed by atoms with Crippen LogP contribution in [0.4, 0.5) is 0 Å². The van der Waals surface area contributed by atoms with Gasteiger partial charge in [0.15, 0.2) is 23.9 Å². The number of para-hydroxylation sites is 2. The molecule has 1 aliphatic rings. The number of carbonyl (C=O) groups is 2. The molecule has 0 radical (unpaired) electrons. The van der Waals surface area contributed by atoms with E-state index in [1.807, 2.05) is 24.3 Å². The Balaban J connectivity index is 1.50. The molecule has 0 bridgehead atoms. The van der Waals surface area contributed by atoms with Gasteiger partial charge in [-0.05, 0) is 30.3 Å². The molecule has 1 N–H and O–H groups in total. The monoisotopic (exact) mass is 389 g/mol. The number of Topliss-reactive ketones (excluding diaryl/α,β-unsaturated/α-hetero) is 1. The van der Waals surface area contributed by atoms with Crippen LogP contribution in [0, 0.1) is 0 Å². The Hall–Kier alpha value is -2.73. The van der Waals surface area contributed by atoms with Gasteiger partial charge in [0, 0.05) is 11.4 Å². The average molecular weight is 390 g/mol. The van der Waals surface area contributed by atoms with Crippen molar-refractivity contribution in [3.05, 3.63) is 53.1 Å². The van der Waals surface area contributed by atoms with Gasteiger partial charge in [0.2, 0.25) is 0 Å². The van der Waals surface area contributed by atoms with Crippen molar-refractivity contribution in [3.63, 3.8) is 0 Å². The molecule has 0 saturated heterocycles. The highest BCUT2D eigenvalue weighted by Crippen LogP contribution is 2.30. The molecular weight excluding hydrogens is 370 g/mol. The summed E-state index contributed by atoms with van der Waals surface area (Å²) in [7, 11) is 0. The van der Waals surface area contributed by atoms with Crippen molar-refractivity contribution in [2.24, 2.45) is 0 Å². The van der Waals surface area contributed by atoms with Crippen LogP contribution in [-0.4, -0.2) is 37.6 Å². The lowest BCUT2D eigenvalue weighted by molar-refractivity contribution is -0.123. The van der Waals surface area contributed by atoms with Gasteiger partial charge in [-0.2, -0.15) is 0 Å². The Morgan fingerprint density at radius 1 is 1.22 bits per heavy atom. The number of nitrogens with one attached hydrogen (secondary N) is 1. The third kappa shape index (κ3) is 4.92. The van der Waals surface area contributed by atoms with E-state index in [4.69, 9.17) is 25.8 Å². The van der Waals surface area contributed by atoms with E-state index >= 15 is 0 Å². The maximum atomic E-state index is 12.1. The smallest absolute Gasteiger partial charge is 0.258 e. The molecule has 7 heteroatoms. The highest BCUT2D eigenvalue weighted by atomic mass is 35.5. The molecule has 0 saturated carbocycles. The molecule has 1 aliphatic heterocycles. The Labute approximate surface area is 162 Å². The lowest BCUT2D eigenvalue weighted by atomic mass is 10.1. The number of carbonyl (C=O) groups excluding carboxylic acids is 2. The predicted molar refractivity (Wildman–Crippen MR) is 101 cm³/mol. The summed E-state index contributed by atoms with van der Waals surface area (Å²) in [4.78, 5) is 24.1. The predicted octanol–water partition coefficient (Wildman–Crippen LogP) is 3.27. The van der Waals surface area contributed by atoms with E-state index in [-0.39, 0.29) is 30.9 Å². The summed E-state index contributed by atoms with van der Waals surface area (Å²) in [6.07, 6.45) is 0.0419. The standard InChI is InChI=1S/C20H20ClNO5/c1-2-16(23)15-9-13(21)7-8-17(15)26-12-20(24)22-10-14-11-25-18-5-3-4-6-19(18)27-14/h3-9,14H,2,10-12H2,1H3,(H,22,24)/t14-/m0/s1. The molecule has 1 heterocycles. The van der Waals surface area contributed by atoms with Crippen LogP contribution in [0.1, 0.15) is 23.7 Å². The first-order valence-electron chi connectivity index (χ1n) is 8.67. The van der Waals surface area contributed by atoms with Gasteiger partial charge in [-0.3, -0.25) is 9.59 Å². The summed E-state index contributed by atoms with van der Waals surface area (Å²) in [5, 5.41) is 3.19. The first-order chi connectivity index (χ1) is 13.1. The quantitative estimate of drug-likeness (QED) is 0.736. The summed E-state index contributed by atoms with van der Waals surface area (Å²) in [5.74, 6) is 1.27. The summed E-state index contributed by atoms with van der Waals surface area (Å²) >= 11 is 5.94. The van der Waals surface area contributed by atoms with Crippen molar-refractivity contribution in [3.8, 4) is 17.2 Å². The van der Waals surface area contributed by atoms with Crippen LogP contribution in [-0.2, 0) is 4.79 Å². The van der Waals surface area contributed by atoms with Crippen molar-refractivity contribution in [2.45, 2.75) is 19.4 Å². The second kappa shape index (κ2) is 8.77. The summed E-state index contributed by atoms with van der Waals surface area (Å²) in [6.45, 7) is 2.18. The number of ketones is 1. The van der Waals surface area contributed by atoms with Crippen LogP contribution < -0.4 is 19.5 Å². The number of rotatable bonds is 7. The number of hydrogen-bond acceptors (Lipinski definition) is 5. The van der Waals surface area contributed by atoms with E-state index in [1.54, 1.807) is 25.1 Å². The zero-order chi connectivity index (χ0) is 19.2. The second-order valence-corrected chi connectivity index (χ2v) is 6.44. The van der Waals surface area contributed by atoms with Crippen molar-refractivity contribution >= 4 is 23.3 Å². The van der Waals surface area contributed by atoms with Gasteiger partial charge in [0.25, 0.3) is 5.91 Å².